The molecular formula is C9H16O2. The van der Waals surface area contributed by atoms with E-state index in [1.165, 1.54) is 0 Å². The molecule has 2 unspecified atom stereocenters. The highest BCUT2D eigenvalue weighted by Crippen LogP contribution is 2.31. The highest BCUT2D eigenvalue weighted by molar-refractivity contribution is 5.85. The molecule has 2 atom stereocenters. The molecule has 0 aromatic heterocycles. The second kappa shape index (κ2) is 3.35. The number of Topliss-reactive ketones (excluding diaryl/α,β-unsaturated/α-hetero) is 1. The Morgan fingerprint density at radius 2 is 2.18 bits per heavy atom. The van der Waals surface area contributed by atoms with E-state index in [2.05, 4.69) is 13.8 Å². The molecular weight excluding hydrogens is 140 g/mol. The molecule has 0 saturated heterocycles. The number of aliphatic hydroxyl groups excluding tert-OH is 1. The molecule has 1 saturated carbocycles. The summed E-state index contributed by atoms with van der Waals surface area (Å²) in [5.74, 6) is 0.885. The van der Waals surface area contributed by atoms with Crippen LogP contribution in [0.3, 0.4) is 0 Å². The zero-order valence-electron chi connectivity index (χ0n) is 7.21. The molecule has 0 heterocycles. The minimum atomic E-state index is -0.0533. The third-order valence-electron chi connectivity index (χ3n) is 2.62. The molecule has 2 heteroatoms. The van der Waals surface area contributed by atoms with E-state index in [1.54, 1.807) is 0 Å². The molecule has 64 valence electrons. The topological polar surface area (TPSA) is 37.3 Å². The Morgan fingerprint density at radius 1 is 1.55 bits per heavy atom. The first-order chi connectivity index (χ1) is 5.16. The Bertz CT molecular complexity index is 152. The van der Waals surface area contributed by atoms with E-state index in [1.807, 2.05) is 0 Å². The standard InChI is InChI=1S/C9H16O2/c1-6(2)8-4-3-7(5-10)9(8)11/h6-8,10H,3-5H2,1-2H3. The van der Waals surface area contributed by atoms with Crippen LogP contribution in [0.1, 0.15) is 26.7 Å². The Balaban J connectivity index is 2.56. The quantitative estimate of drug-likeness (QED) is 0.653. The van der Waals surface area contributed by atoms with Crippen LogP contribution in [0.5, 0.6) is 0 Å². The Labute approximate surface area is 67.6 Å². The second-order valence-electron chi connectivity index (χ2n) is 3.71. The van der Waals surface area contributed by atoms with Crippen LogP contribution in [0.15, 0.2) is 0 Å². The zero-order chi connectivity index (χ0) is 8.43. The minimum Gasteiger partial charge on any atom is -0.396 e. The summed E-state index contributed by atoms with van der Waals surface area (Å²) in [4.78, 5) is 11.4. The van der Waals surface area contributed by atoms with Gasteiger partial charge in [0.25, 0.3) is 0 Å². The molecule has 1 rings (SSSR count). The van der Waals surface area contributed by atoms with Crippen LogP contribution in [-0.2, 0) is 4.79 Å². The predicted molar refractivity (Wildman–Crippen MR) is 43.1 cm³/mol. The first-order valence-corrected chi connectivity index (χ1v) is 4.31. The highest BCUT2D eigenvalue weighted by atomic mass is 16.3. The smallest absolute Gasteiger partial charge is 0.141 e. The van der Waals surface area contributed by atoms with Crippen LogP contribution in [0.2, 0.25) is 0 Å². The monoisotopic (exact) mass is 156 g/mol. The van der Waals surface area contributed by atoms with Gasteiger partial charge in [0, 0.05) is 11.8 Å². The number of hydrogen-bond acceptors (Lipinski definition) is 2. The summed E-state index contributed by atoms with van der Waals surface area (Å²) in [5.41, 5.74) is 0. The Kier molecular flexibility index (Phi) is 2.66. The number of hydrogen-bond donors (Lipinski definition) is 1. The lowest BCUT2D eigenvalue weighted by atomic mass is 9.92. The average molecular weight is 156 g/mol. The van der Waals surface area contributed by atoms with Crippen LogP contribution < -0.4 is 0 Å². The van der Waals surface area contributed by atoms with E-state index in [9.17, 15) is 4.79 Å². The van der Waals surface area contributed by atoms with E-state index >= 15 is 0 Å². The minimum absolute atomic E-state index is 0.0437. The van der Waals surface area contributed by atoms with Gasteiger partial charge in [0.2, 0.25) is 0 Å². The lowest BCUT2D eigenvalue weighted by Crippen LogP contribution is -2.20. The van der Waals surface area contributed by atoms with Gasteiger partial charge in [-0.1, -0.05) is 13.8 Å². The number of carbonyl (C=O) groups excluding carboxylic acids is 1. The van der Waals surface area contributed by atoms with Gasteiger partial charge in [0.1, 0.15) is 5.78 Å². The normalized spacial score (nSPS) is 31.8. The summed E-state index contributed by atoms with van der Waals surface area (Å²) < 4.78 is 0. The molecule has 0 aromatic rings. The lowest BCUT2D eigenvalue weighted by Gasteiger charge is -2.12. The maximum absolute atomic E-state index is 11.4. The molecule has 1 N–H and O–H groups in total. The maximum Gasteiger partial charge on any atom is 0.141 e. The average Bonchev–Trinajstić information content (AvgIpc) is 2.30. The molecule has 11 heavy (non-hydrogen) atoms. The zero-order valence-corrected chi connectivity index (χ0v) is 7.21. The number of rotatable bonds is 2. The van der Waals surface area contributed by atoms with Gasteiger partial charge in [-0.3, -0.25) is 4.79 Å². The van der Waals surface area contributed by atoms with E-state index in [-0.39, 0.29) is 24.2 Å². The molecule has 1 fully saturated rings. The number of carbonyl (C=O) groups is 1. The largest absolute Gasteiger partial charge is 0.396 e. The molecule has 0 aliphatic heterocycles. The molecule has 0 radical (unpaired) electrons. The van der Waals surface area contributed by atoms with Crippen molar-refractivity contribution in [3.63, 3.8) is 0 Å². The molecule has 2 nitrogen and oxygen atoms in total. The van der Waals surface area contributed by atoms with Gasteiger partial charge in [-0.05, 0) is 18.8 Å². The summed E-state index contributed by atoms with van der Waals surface area (Å²) in [6.07, 6.45) is 1.86. The van der Waals surface area contributed by atoms with Crippen molar-refractivity contribution in [2.24, 2.45) is 17.8 Å². The second-order valence-corrected chi connectivity index (χ2v) is 3.71. The summed E-state index contributed by atoms with van der Waals surface area (Å²) >= 11 is 0. The van der Waals surface area contributed by atoms with Crippen molar-refractivity contribution < 1.29 is 9.90 Å². The SMILES string of the molecule is CC(C)C1CCC(CO)C1=O. The summed E-state index contributed by atoms with van der Waals surface area (Å²) in [7, 11) is 0. The van der Waals surface area contributed by atoms with Crippen molar-refractivity contribution in [1.29, 1.82) is 0 Å². The van der Waals surface area contributed by atoms with Gasteiger partial charge < -0.3 is 5.11 Å². The van der Waals surface area contributed by atoms with Gasteiger partial charge in [0.15, 0.2) is 0 Å². The van der Waals surface area contributed by atoms with Crippen molar-refractivity contribution in [3.05, 3.63) is 0 Å². The third-order valence-corrected chi connectivity index (χ3v) is 2.62. The van der Waals surface area contributed by atoms with Crippen molar-refractivity contribution in [2.75, 3.05) is 6.61 Å². The fourth-order valence-electron chi connectivity index (χ4n) is 1.81. The maximum atomic E-state index is 11.4. The first-order valence-electron chi connectivity index (χ1n) is 4.31. The fraction of sp³-hybridized carbons (Fsp3) is 0.889. The fourth-order valence-corrected chi connectivity index (χ4v) is 1.81. The summed E-state index contributed by atoms with van der Waals surface area (Å²) in [5, 5.41) is 8.82. The van der Waals surface area contributed by atoms with Crippen molar-refractivity contribution in [3.8, 4) is 0 Å². The first kappa shape index (κ1) is 8.72. The Morgan fingerprint density at radius 3 is 2.45 bits per heavy atom. The predicted octanol–water partition coefficient (Wildman–Crippen LogP) is 1.23. The highest BCUT2D eigenvalue weighted by Gasteiger charge is 2.34. The third kappa shape index (κ3) is 1.62. The van der Waals surface area contributed by atoms with Gasteiger partial charge in [-0.25, -0.2) is 0 Å². The van der Waals surface area contributed by atoms with E-state index in [0.29, 0.717) is 5.92 Å². The summed E-state index contributed by atoms with van der Waals surface area (Å²) in [6.45, 7) is 4.19. The van der Waals surface area contributed by atoms with E-state index in [4.69, 9.17) is 5.11 Å². The van der Waals surface area contributed by atoms with Crippen LogP contribution in [0, 0.1) is 17.8 Å². The molecule has 0 bridgehead atoms. The van der Waals surface area contributed by atoms with Gasteiger partial charge in [-0.15, -0.1) is 0 Å². The molecule has 1 aliphatic carbocycles. The van der Waals surface area contributed by atoms with Crippen molar-refractivity contribution in [2.45, 2.75) is 26.7 Å². The number of aliphatic hydroxyl groups is 1. The molecule has 0 aromatic carbocycles. The number of ketones is 1. The summed E-state index contributed by atoms with van der Waals surface area (Å²) in [6, 6.07) is 0. The van der Waals surface area contributed by atoms with E-state index in [0.717, 1.165) is 12.8 Å². The molecule has 1 aliphatic rings. The lowest BCUT2D eigenvalue weighted by molar-refractivity contribution is -0.125. The van der Waals surface area contributed by atoms with Gasteiger partial charge >= 0.3 is 0 Å². The van der Waals surface area contributed by atoms with Gasteiger partial charge in [0.05, 0.1) is 6.61 Å². The molecule has 0 amide bonds. The van der Waals surface area contributed by atoms with Gasteiger partial charge in [-0.2, -0.15) is 0 Å². The van der Waals surface area contributed by atoms with Crippen LogP contribution >= 0.6 is 0 Å². The van der Waals surface area contributed by atoms with Crippen molar-refractivity contribution >= 4 is 5.78 Å². The van der Waals surface area contributed by atoms with E-state index < -0.39 is 0 Å². The van der Waals surface area contributed by atoms with Crippen LogP contribution in [-0.4, -0.2) is 17.5 Å². The van der Waals surface area contributed by atoms with Crippen LogP contribution in [0.25, 0.3) is 0 Å². The molecule has 0 spiro atoms. The Hall–Kier alpha value is -0.370. The van der Waals surface area contributed by atoms with Crippen LogP contribution in [0.4, 0.5) is 0 Å². The van der Waals surface area contributed by atoms with Crippen molar-refractivity contribution in [1.82, 2.24) is 0 Å².